The van der Waals surface area contributed by atoms with Gasteiger partial charge in [-0.15, -0.1) is 0 Å². The zero-order valence-corrected chi connectivity index (χ0v) is 22.7. The van der Waals surface area contributed by atoms with Crippen molar-refractivity contribution in [3.05, 3.63) is 77.5 Å². The van der Waals surface area contributed by atoms with Gasteiger partial charge in [0, 0.05) is 37.0 Å². The Morgan fingerprint density at radius 2 is 1.95 bits per heavy atom. The molecule has 3 N–H and O–H groups in total. The molecule has 4 aromatic rings. The molecule has 1 aliphatic rings. The lowest BCUT2D eigenvalue weighted by molar-refractivity contribution is -0.0199. The fourth-order valence-electron chi connectivity index (χ4n) is 5.73. The molecule has 0 radical (unpaired) electrons. The average molecular weight is 563 g/mol. The molecule has 5 rings (SSSR count). The zero-order valence-electron chi connectivity index (χ0n) is 22.7. The highest BCUT2D eigenvalue weighted by Gasteiger charge is 2.35. The molecule has 1 saturated carbocycles. The van der Waals surface area contributed by atoms with Crippen molar-refractivity contribution in [3.63, 3.8) is 0 Å². The van der Waals surface area contributed by atoms with Crippen molar-refractivity contribution in [1.29, 1.82) is 5.26 Å². The molecule has 1 fully saturated rings. The summed E-state index contributed by atoms with van der Waals surface area (Å²) in [6.07, 6.45) is 7.52. The quantitative estimate of drug-likeness (QED) is 0.275. The molecule has 41 heavy (non-hydrogen) atoms. The van der Waals surface area contributed by atoms with Gasteiger partial charge in [0.05, 0.1) is 54.8 Å². The van der Waals surface area contributed by atoms with Crippen molar-refractivity contribution in [2.75, 3.05) is 19.8 Å². The highest BCUT2D eigenvalue weighted by Crippen LogP contribution is 2.38. The Labute approximate surface area is 236 Å². The first-order valence-corrected chi connectivity index (χ1v) is 13.6. The van der Waals surface area contributed by atoms with Gasteiger partial charge in [-0.1, -0.05) is 6.92 Å². The van der Waals surface area contributed by atoms with E-state index in [1.807, 2.05) is 12.3 Å². The van der Waals surface area contributed by atoms with Crippen molar-refractivity contribution in [3.8, 4) is 23.1 Å². The second-order valence-corrected chi connectivity index (χ2v) is 10.4. The minimum absolute atomic E-state index is 0.0110. The lowest BCUT2D eigenvalue weighted by atomic mass is 9.73. The summed E-state index contributed by atoms with van der Waals surface area (Å²) in [4.78, 5) is 8.91. The third-order valence-electron chi connectivity index (χ3n) is 7.54. The van der Waals surface area contributed by atoms with Crippen LogP contribution in [0.2, 0.25) is 0 Å². The van der Waals surface area contributed by atoms with Crippen molar-refractivity contribution in [2.45, 2.75) is 50.7 Å². The molecule has 0 amide bonds. The number of halogens is 2. The van der Waals surface area contributed by atoms with E-state index in [4.69, 9.17) is 25.6 Å². The van der Waals surface area contributed by atoms with Crippen molar-refractivity contribution in [1.82, 2.24) is 19.6 Å². The van der Waals surface area contributed by atoms with E-state index < -0.39 is 11.6 Å². The van der Waals surface area contributed by atoms with E-state index in [-0.39, 0.29) is 54.2 Å². The topological polar surface area (TPSA) is 132 Å². The third-order valence-corrected chi connectivity index (χ3v) is 7.54. The maximum Gasteiger partial charge on any atom is 0.139 e. The summed E-state index contributed by atoms with van der Waals surface area (Å²) in [5, 5.41) is 22.3. The molecule has 1 aliphatic carbocycles. The number of benzene rings is 1. The van der Waals surface area contributed by atoms with Gasteiger partial charge in [-0.3, -0.25) is 4.98 Å². The molecule has 0 bridgehead atoms. The molecule has 214 valence electrons. The number of ether oxygens (including phenoxy) is 2. The minimum Gasteiger partial charge on any atom is -0.491 e. The predicted octanol–water partition coefficient (Wildman–Crippen LogP) is 4.17. The van der Waals surface area contributed by atoms with Gasteiger partial charge in [0.2, 0.25) is 0 Å². The Balaban J connectivity index is 1.40. The molecule has 0 aliphatic heterocycles. The van der Waals surface area contributed by atoms with Gasteiger partial charge in [-0.05, 0) is 54.0 Å². The number of nitriles is 1. The molecule has 0 saturated heterocycles. The fourth-order valence-corrected chi connectivity index (χ4v) is 5.73. The lowest BCUT2D eigenvalue weighted by Gasteiger charge is -2.39. The fraction of sp³-hybridized carbons (Fsp3) is 0.400. The maximum absolute atomic E-state index is 14.9. The number of nitrogens with two attached hydrogens (primary N) is 1. The Kier molecular flexibility index (Phi) is 8.83. The first kappa shape index (κ1) is 28.5. The number of aliphatic hydroxyl groups is 1. The van der Waals surface area contributed by atoms with Crippen LogP contribution in [0, 0.1) is 28.9 Å². The summed E-state index contributed by atoms with van der Waals surface area (Å²) in [5.41, 5.74) is 9.16. The van der Waals surface area contributed by atoms with E-state index >= 15 is 0 Å². The van der Waals surface area contributed by atoms with E-state index in [2.05, 4.69) is 28.1 Å². The minimum atomic E-state index is -0.821. The highest BCUT2D eigenvalue weighted by atomic mass is 19.1. The number of hydrogen-bond donors (Lipinski definition) is 2. The molecular formula is C30H32F2N6O3. The average Bonchev–Trinajstić information content (AvgIpc) is 3.35. The standard InChI is InChI=1S/C30H32F2N6O3/c1-18-11-19(12-26(34)30(18)41-9-2-6-33)23-5-7-35-16-20(23)13-28-36-17-21-3-4-27(37-38(21)28)29-24(31)14-22(15-25(29)32)40-10-8-39/h3-5,7,14-19,26,30,39H,2,8-13,34H2,1H3/t18-,19+,26+,30-/m0/s1. The molecule has 0 unspecified atom stereocenters. The molecule has 4 atom stereocenters. The number of hydrogen-bond acceptors (Lipinski definition) is 8. The van der Waals surface area contributed by atoms with Crippen LogP contribution in [0.25, 0.3) is 16.8 Å². The summed E-state index contributed by atoms with van der Waals surface area (Å²) < 4.78 is 42.6. The van der Waals surface area contributed by atoms with Crippen molar-refractivity contribution in [2.24, 2.45) is 11.7 Å². The first-order chi connectivity index (χ1) is 19.9. The van der Waals surface area contributed by atoms with Crippen LogP contribution in [0.15, 0.2) is 48.9 Å². The zero-order chi connectivity index (χ0) is 28.9. The summed E-state index contributed by atoms with van der Waals surface area (Å²) >= 11 is 0. The number of rotatable bonds is 10. The normalized spacial score (nSPS) is 20.7. The number of pyridine rings is 1. The van der Waals surface area contributed by atoms with Gasteiger partial charge in [0.1, 0.15) is 29.8 Å². The summed E-state index contributed by atoms with van der Waals surface area (Å²) in [6.45, 7) is 2.17. The molecular weight excluding hydrogens is 530 g/mol. The van der Waals surface area contributed by atoms with Gasteiger partial charge in [0.25, 0.3) is 0 Å². The van der Waals surface area contributed by atoms with Crippen molar-refractivity contribution < 1.29 is 23.4 Å². The van der Waals surface area contributed by atoms with Crippen LogP contribution in [0.1, 0.15) is 49.1 Å². The number of aromatic nitrogens is 4. The molecule has 0 spiro atoms. The van der Waals surface area contributed by atoms with Crippen LogP contribution in [-0.4, -0.2) is 56.7 Å². The van der Waals surface area contributed by atoms with Gasteiger partial charge in [-0.25, -0.2) is 18.3 Å². The summed E-state index contributed by atoms with van der Waals surface area (Å²) in [7, 11) is 0. The smallest absolute Gasteiger partial charge is 0.139 e. The van der Waals surface area contributed by atoms with Crippen LogP contribution >= 0.6 is 0 Å². The Bertz CT molecular complexity index is 1520. The summed E-state index contributed by atoms with van der Waals surface area (Å²) in [6, 6.07) is 9.36. The van der Waals surface area contributed by atoms with Gasteiger partial charge < -0.3 is 20.3 Å². The Morgan fingerprint density at radius 1 is 1.15 bits per heavy atom. The Hall–Kier alpha value is -3.98. The predicted molar refractivity (Wildman–Crippen MR) is 147 cm³/mol. The maximum atomic E-state index is 14.9. The van der Waals surface area contributed by atoms with E-state index in [9.17, 15) is 8.78 Å². The highest BCUT2D eigenvalue weighted by molar-refractivity contribution is 5.63. The van der Waals surface area contributed by atoms with E-state index in [0.717, 1.165) is 36.1 Å². The van der Waals surface area contributed by atoms with E-state index in [0.29, 0.717) is 30.8 Å². The van der Waals surface area contributed by atoms with Crippen LogP contribution in [0.4, 0.5) is 8.78 Å². The monoisotopic (exact) mass is 562 g/mol. The van der Waals surface area contributed by atoms with Crippen LogP contribution in [0.3, 0.4) is 0 Å². The van der Waals surface area contributed by atoms with Crippen LogP contribution < -0.4 is 10.5 Å². The largest absolute Gasteiger partial charge is 0.491 e. The van der Waals surface area contributed by atoms with Crippen molar-refractivity contribution >= 4 is 5.52 Å². The summed E-state index contributed by atoms with van der Waals surface area (Å²) in [5.74, 6) is -0.644. The Morgan fingerprint density at radius 3 is 2.68 bits per heavy atom. The number of imidazole rings is 1. The number of nitrogens with zero attached hydrogens (tertiary/aromatic N) is 5. The van der Waals surface area contributed by atoms with Gasteiger partial charge in [-0.2, -0.15) is 10.4 Å². The van der Waals surface area contributed by atoms with E-state index in [1.54, 1.807) is 29.0 Å². The molecule has 3 aromatic heterocycles. The lowest BCUT2D eigenvalue weighted by Crippen LogP contribution is -2.46. The molecule has 11 heteroatoms. The SMILES string of the molecule is C[C@H]1C[C@@H](c2ccncc2Cc2ncc3ccc(-c4c(F)cc(OCCO)cc4F)nn23)C[C@@H](N)[C@H]1OCCC#N. The molecule has 1 aromatic carbocycles. The molecule has 3 heterocycles. The first-order valence-electron chi connectivity index (χ1n) is 13.6. The number of fused-ring (bicyclic) bond motifs is 1. The molecule has 9 nitrogen and oxygen atoms in total. The second kappa shape index (κ2) is 12.7. The van der Waals surface area contributed by atoms with Crippen LogP contribution in [0.5, 0.6) is 5.75 Å². The second-order valence-electron chi connectivity index (χ2n) is 10.4. The van der Waals surface area contributed by atoms with Gasteiger partial charge in [0.15, 0.2) is 0 Å². The van der Waals surface area contributed by atoms with Gasteiger partial charge >= 0.3 is 0 Å². The van der Waals surface area contributed by atoms with E-state index in [1.165, 1.54) is 0 Å². The van der Waals surface area contributed by atoms with Crippen LogP contribution in [-0.2, 0) is 11.2 Å². The number of aliphatic hydroxyl groups excluding tert-OH is 1. The third kappa shape index (κ3) is 6.20.